The van der Waals surface area contributed by atoms with E-state index in [-0.39, 0.29) is 11.9 Å². The summed E-state index contributed by atoms with van der Waals surface area (Å²) in [5, 5.41) is 2.93. The second-order valence-electron chi connectivity index (χ2n) is 4.04. The van der Waals surface area contributed by atoms with E-state index >= 15 is 0 Å². The van der Waals surface area contributed by atoms with E-state index in [1.165, 1.54) is 0 Å². The molecule has 1 N–H and O–H groups in total. The van der Waals surface area contributed by atoms with Crippen LogP contribution in [0, 0.1) is 0 Å². The zero-order chi connectivity index (χ0) is 11.7. The normalized spacial score (nSPS) is 18.7. The zero-order valence-electron chi connectivity index (χ0n) is 9.21. The number of carbonyl (C=O) groups excluding carboxylic acids is 1. The Bertz CT molecular complexity index is 554. The third-order valence-electron chi connectivity index (χ3n) is 2.80. The predicted molar refractivity (Wildman–Crippen MR) is 62.6 cm³/mol. The van der Waals surface area contributed by atoms with Gasteiger partial charge in [0.1, 0.15) is 5.69 Å². The number of aromatic nitrogens is 3. The summed E-state index contributed by atoms with van der Waals surface area (Å²) in [6.45, 7) is 0. The third-order valence-corrected chi connectivity index (χ3v) is 2.80. The van der Waals surface area contributed by atoms with Gasteiger partial charge in [0.25, 0.3) is 5.91 Å². The summed E-state index contributed by atoms with van der Waals surface area (Å²) in [4.78, 5) is 20.2. The highest BCUT2D eigenvalue weighted by molar-refractivity contribution is 5.93. The largest absolute Gasteiger partial charge is 0.344 e. The van der Waals surface area contributed by atoms with Gasteiger partial charge in [0, 0.05) is 24.6 Å². The van der Waals surface area contributed by atoms with Gasteiger partial charge in [0.15, 0.2) is 0 Å². The third kappa shape index (κ3) is 1.91. The topological polar surface area (TPSA) is 59.3 Å². The van der Waals surface area contributed by atoms with Crippen molar-refractivity contribution in [3.05, 3.63) is 42.5 Å². The van der Waals surface area contributed by atoms with Gasteiger partial charge in [-0.2, -0.15) is 0 Å². The lowest BCUT2D eigenvalue weighted by molar-refractivity contribution is 0.0940. The molecule has 1 unspecified atom stereocenters. The first-order valence-electron chi connectivity index (χ1n) is 5.60. The van der Waals surface area contributed by atoms with E-state index in [0.717, 1.165) is 12.8 Å². The minimum Gasteiger partial charge on any atom is -0.344 e. The van der Waals surface area contributed by atoms with Gasteiger partial charge in [-0.3, -0.25) is 9.20 Å². The molecule has 0 aromatic carbocycles. The fourth-order valence-electron chi connectivity index (χ4n) is 1.93. The molecule has 3 rings (SSSR count). The lowest BCUT2D eigenvalue weighted by Gasteiger charge is -2.08. The van der Waals surface area contributed by atoms with E-state index < -0.39 is 0 Å². The summed E-state index contributed by atoms with van der Waals surface area (Å²) in [5.41, 5.74) is 0.406. The van der Waals surface area contributed by atoms with Gasteiger partial charge in [-0.05, 0) is 18.9 Å². The summed E-state index contributed by atoms with van der Waals surface area (Å²) < 4.78 is 1.74. The lowest BCUT2D eigenvalue weighted by Crippen LogP contribution is -2.32. The number of fused-ring (bicyclic) bond motifs is 1. The zero-order valence-corrected chi connectivity index (χ0v) is 9.21. The molecule has 0 saturated heterocycles. The van der Waals surface area contributed by atoms with Crippen LogP contribution in [0.4, 0.5) is 0 Å². The van der Waals surface area contributed by atoms with Crippen molar-refractivity contribution in [2.45, 2.75) is 18.9 Å². The molecule has 1 amide bonds. The van der Waals surface area contributed by atoms with Gasteiger partial charge in [-0.15, -0.1) is 0 Å². The lowest BCUT2D eigenvalue weighted by atomic mass is 10.2. The van der Waals surface area contributed by atoms with Crippen molar-refractivity contribution in [1.82, 2.24) is 19.7 Å². The highest BCUT2D eigenvalue weighted by Gasteiger charge is 2.16. The molecule has 0 spiro atoms. The smallest absolute Gasteiger partial charge is 0.272 e. The molecule has 0 radical (unpaired) electrons. The summed E-state index contributed by atoms with van der Waals surface area (Å²) in [6.07, 6.45) is 11.3. The molecule has 2 aromatic heterocycles. The number of hydrogen-bond donors (Lipinski definition) is 1. The molecule has 0 fully saturated rings. The first-order chi connectivity index (χ1) is 8.33. The molecule has 1 aliphatic rings. The summed E-state index contributed by atoms with van der Waals surface area (Å²) >= 11 is 0. The number of allylic oxidation sites excluding steroid dienone is 1. The average Bonchev–Trinajstić information content (AvgIpc) is 2.96. The predicted octanol–water partition coefficient (Wildman–Crippen LogP) is 1.18. The van der Waals surface area contributed by atoms with E-state index in [9.17, 15) is 4.79 Å². The van der Waals surface area contributed by atoms with Gasteiger partial charge in [0.2, 0.25) is 5.78 Å². The van der Waals surface area contributed by atoms with Crippen LogP contribution in [-0.2, 0) is 0 Å². The molecule has 2 aromatic rings. The Hall–Kier alpha value is -2.17. The first-order valence-corrected chi connectivity index (χ1v) is 5.60. The number of hydrogen-bond acceptors (Lipinski definition) is 3. The van der Waals surface area contributed by atoms with Crippen LogP contribution >= 0.6 is 0 Å². The summed E-state index contributed by atoms with van der Waals surface area (Å²) in [5.74, 6) is 0.395. The summed E-state index contributed by atoms with van der Waals surface area (Å²) in [7, 11) is 0. The molecule has 86 valence electrons. The van der Waals surface area contributed by atoms with E-state index in [1.807, 2.05) is 12.3 Å². The van der Waals surface area contributed by atoms with Gasteiger partial charge in [-0.25, -0.2) is 9.97 Å². The Balaban J connectivity index is 1.82. The highest BCUT2D eigenvalue weighted by Crippen LogP contribution is 2.10. The van der Waals surface area contributed by atoms with Crippen LogP contribution in [0.25, 0.3) is 5.78 Å². The van der Waals surface area contributed by atoms with Crippen molar-refractivity contribution in [2.24, 2.45) is 0 Å². The van der Waals surface area contributed by atoms with Crippen LogP contribution in [0.3, 0.4) is 0 Å². The average molecular weight is 228 g/mol. The number of amides is 1. The van der Waals surface area contributed by atoms with Crippen molar-refractivity contribution in [2.75, 3.05) is 0 Å². The second kappa shape index (κ2) is 4.01. The molecule has 17 heavy (non-hydrogen) atoms. The molecular formula is C12H12N4O. The van der Waals surface area contributed by atoms with E-state index in [2.05, 4.69) is 21.4 Å². The van der Waals surface area contributed by atoms with Gasteiger partial charge >= 0.3 is 0 Å². The fraction of sp³-hybridized carbons (Fsp3) is 0.250. The van der Waals surface area contributed by atoms with E-state index in [1.54, 1.807) is 22.9 Å². The second-order valence-corrected chi connectivity index (χ2v) is 4.04. The molecule has 2 heterocycles. The Labute approximate surface area is 98.2 Å². The molecule has 1 atom stereocenters. The molecule has 1 aliphatic carbocycles. The molecule has 0 bridgehead atoms. The van der Waals surface area contributed by atoms with Crippen molar-refractivity contribution < 1.29 is 4.79 Å². The maximum absolute atomic E-state index is 11.9. The van der Waals surface area contributed by atoms with Crippen LogP contribution < -0.4 is 5.32 Å². The molecule has 5 heteroatoms. The number of nitrogens with zero attached hydrogens (tertiary/aromatic N) is 3. The minimum atomic E-state index is -0.146. The first kappa shape index (κ1) is 10.0. The maximum Gasteiger partial charge on any atom is 0.272 e. The number of nitrogens with one attached hydrogen (secondary N) is 1. The Morgan fingerprint density at radius 1 is 1.53 bits per heavy atom. The van der Waals surface area contributed by atoms with Crippen LogP contribution in [0.5, 0.6) is 0 Å². The van der Waals surface area contributed by atoms with E-state index in [0.29, 0.717) is 11.5 Å². The van der Waals surface area contributed by atoms with E-state index in [4.69, 9.17) is 0 Å². The van der Waals surface area contributed by atoms with Crippen molar-refractivity contribution in [3.8, 4) is 0 Å². The molecule has 0 aliphatic heterocycles. The van der Waals surface area contributed by atoms with Crippen molar-refractivity contribution in [1.29, 1.82) is 0 Å². The minimum absolute atomic E-state index is 0.139. The van der Waals surface area contributed by atoms with Crippen molar-refractivity contribution >= 4 is 11.7 Å². The number of carbonyl (C=O) groups is 1. The highest BCUT2D eigenvalue weighted by atomic mass is 16.2. The van der Waals surface area contributed by atoms with Gasteiger partial charge in [-0.1, -0.05) is 12.2 Å². The quantitative estimate of drug-likeness (QED) is 0.785. The monoisotopic (exact) mass is 228 g/mol. The molecular weight excluding hydrogens is 216 g/mol. The Kier molecular flexibility index (Phi) is 2.36. The maximum atomic E-state index is 11.9. The Morgan fingerprint density at radius 3 is 3.24 bits per heavy atom. The molecule has 0 saturated carbocycles. The van der Waals surface area contributed by atoms with Crippen LogP contribution in [0.1, 0.15) is 23.3 Å². The van der Waals surface area contributed by atoms with Crippen LogP contribution in [-0.4, -0.2) is 26.3 Å². The number of imidazole rings is 1. The van der Waals surface area contributed by atoms with Crippen LogP contribution in [0.2, 0.25) is 0 Å². The summed E-state index contributed by atoms with van der Waals surface area (Å²) in [6, 6.07) is 1.94. The standard InChI is InChI=1S/C12H12N4O/c17-11(14-9-4-1-2-5-9)10-8-16-7-3-6-13-12(16)15-10/h1,3-4,6-9H,2,5H2,(H,14,17). The SMILES string of the molecule is O=C(NC1C=CCC1)c1cn2cccnc2n1. The fourth-order valence-corrected chi connectivity index (χ4v) is 1.93. The van der Waals surface area contributed by atoms with Crippen LogP contribution in [0.15, 0.2) is 36.8 Å². The number of rotatable bonds is 2. The van der Waals surface area contributed by atoms with Gasteiger partial charge < -0.3 is 5.32 Å². The van der Waals surface area contributed by atoms with Crippen molar-refractivity contribution in [3.63, 3.8) is 0 Å². The molecule has 5 nitrogen and oxygen atoms in total. The van der Waals surface area contributed by atoms with Gasteiger partial charge in [0.05, 0.1) is 0 Å². The Morgan fingerprint density at radius 2 is 2.47 bits per heavy atom.